The largest absolute Gasteiger partial charge is 0.293 e. The molecule has 1 saturated heterocycles. The molecule has 0 radical (unpaired) electrons. The maximum absolute atomic E-state index is 11.8. The Kier molecular flexibility index (Phi) is 4.11. The zero-order valence-electron chi connectivity index (χ0n) is 10.0. The van der Waals surface area contributed by atoms with Crippen LogP contribution in [-0.2, 0) is 10.2 Å². The number of nitrogens with zero attached hydrogens (tertiary/aromatic N) is 1. The number of carbonyl (C=O) groups excluding carboxylic acids is 1. The van der Waals surface area contributed by atoms with Gasteiger partial charge in [0.05, 0.1) is 6.54 Å². The number of benzene rings is 1. The number of hydrogen-bond donors (Lipinski definition) is 1. The summed E-state index contributed by atoms with van der Waals surface area (Å²) in [5.41, 5.74) is 0.515. The van der Waals surface area contributed by atoms with Crippen molar-refractivity contribution in [2.45, 2.75) is 12.8 Å². The summed E-state index contributed by atoms with van der Waals surface area (Å²) in [6, 6.07) is 8.66. The first-order chi connectivity index (χ1) is 8.59. The second kappa shape index (κ2) is 5.60. The van der Waals surface area contributed by atoms with Crippen LogP contribution in [0.3, 0.4) is 0 Å². The Bertz CT molecular complexity index is 507. The Labute approximate surface area is 107 Å². The van der Waals surface area contributed by atoms with E-state index >= 15 is 0 Å². The van der Waals surface area contributed by atoms with Crippen LogP contribution in [0.5, 0.6) is 0 Å². The fraction of sp³-hybridized carbons (Fsp3) is 0.417. The van der Waals surface area contributed by atoms with Gasteiger partial charge in [-0.15, -0.1) is 0 Å². The van der Waals surface area contributed by atoms with Crippen molar-refractivity contribution in [3.8, 4) is 0 Å². The monoisotopic (exact) mass is 268 g/mol. The molecule has 6 heteroatoms. The van der Waals surface area contributed by atoms with Gasteiger partial charge >= 0.3 is 0 Å². The van der Waals surface area contributed by atoms with E-state index in [0.29, 0.717) is 18.7 Å². The molecule has 0 aliphatic carbocycles. The van der Waals surface area contributed by atoms with E-state index in [9.17, 15) is 13.2 Å². The van der Waals surface area contributed by atoms with E-state index in [4.69, 9.17) is 0 Å². The Morgan fingerprint density at radius 1 is 1.17 bits per heavy atom. The molecule has 0 aromatic heterocycles. The number of Topliss-reactive ketones (excluding diaryl/α,β-unsaturated/α-hetero) is 1. The highest BCUT2D eigenvalue weighted by molar-refractivity contribution is 7.87. The van der Waals surface area contributed by atoms with Crippen LogP contribution in [0.25, 0.3) is 0 Å². The fourth-order valence-electron chi connectivity index (χ4n) is 1.90. The molecule has 2 rings (SSSR count). The van der Waals surface area contributed by atoms with Gasteiger partial charge in [0.1, 0.15) is 0 Å². The smallest absolute Gasteiger partial charge is 0.279 e. The van der Waals surface area contributed by atoms with Crippen LogP contribution in [-0.4, -0.2) is 38.1 Å². The lowest BCUT2D eigenvalue weighted by molar-refractivity contribution is 0.0996. The van der Waals surface area contributed by atoms with E-state index in [1.165, 1.54) is 4.31 Å². The molecule has 1 fully saturated rings. The average molecular weight is 268 g/mol. The van der Waals surface area contributed by atoms with Crippen LogP contribution in [0.2, 0.25) is 0 Å². The Balaban J connectivity index is 1.93. The molecule has 1 heterocycles. The van der Waals surface area contributed by atoms with E-state index in [1.54, 1.807) is 24.3 Å². The number of hydrogen-bond acceptors (Lipinski definition) is 3. The number of nitrogens with one attached hydrogen (secondary N) is 1. The van der Waals surface area contributed by atoms with Crippen molar-refractivity contribution in [2.24, 2.45) is 0 Å². The summed E-state index contributed by atoms with van der Waals surface area (Å²) in [5, 5.41) is 0. The lowest BCUT2D eigenvalue weighted by Gasteiger charge is -2.15. The molecule has 18 heavy (non-hydrogen) atoms. The zero-order chi connectivity index (χ0) is 13.0. The van der Waals surface area contributed by atoms with Crippen LogP contribution in [0.4, 0.5) is 0 Å². The number of ketones is 1. The predicted octanol–water partition coefficient (Wildman–Crippen LogP) is 0.799. The van der Waals surface area contributed by atoms with E-state index in [0.717, 1.165) is 12.8 Å². The van der Waals surface area contributed by atoms with Crippen LogP contribution in [0.1, 0.15) is 23.2 Å². The molecule has 1 aromatic carbocycles. The maximum Gasteiger partial charge on any atom is 0.279 e. The van der Waals surface area contributed by atoms with Crippen molar-refractivity contribution >= 4 is 16.0 Å². The van der Waals surface area contributed by atoms with Gasteiger partial charge in [0.2, 0.25) is 0 Å². The molecule has 0 spiro atoms. The maximum atomic E-state index is 11.8. The Hall–Kier alpha value is -1.24. The molecule has 1 aliphatic rings. The van der Waals surface area contributed by atoms with Crippen molar-refractivity contribution in [3.63, 3.8) is 0 Å². The SMILES string of the molecule is O=C(CNS(=O)(=O)N1CCCC1)c1ccccc1. The summed E-state index contributed by atoms with van der Waals surface area (Å²) in [5.74, 6) is -0.224. The molecule has 1 aromatic rings. The summed E-state index contributed by atoms with van der Waals surface area (Å²) in [6.45, 7) is 0.882. The molecule has 98 valence electrons. The van der Waals surface area contributed by atoms with Crippen molar-refractivity contribution < 1.29 is 13.2 Å². The third-order valence-corrected chi connectivity index (χ3v) is 4.47. The molecular formula is C12H16N2O3S. The molecule has 0 bridgehead atoms. The van der Waals surface area contributed by atoms with Gasteiger partial charge in [0.25, 0.3) is 10.2 Å². The second-order valence-electron chi connectivity index (χ2n) is 4.22. The molecule has 1 aliphatic heterocycles. The summed E-state index contributed by atoms with van der Waals surface area (Å²) in [4.78, 5) is 11.8. The quantitative estimate of drug-likeness (QED) is 0.803. The highest BCUT2D eigenvalue weighted by Gasteiger charge is 2.25. The average Bonchev–Trinajstić information content (AvgIpc) is 2.92. The fourth-order valence-corrected chi connectivity index (χ4v) is 3.14. The molecule has 5 nitrogen and oxygen atoms in total. The van der Waals surface area contributed by atoms with Crippen molar-refractivity contribution in [1.29, 1.82) is 0 Å². The van der Waals surface area contributed by atoms with Crippen molar-refractivity contribution in [2.75, 3.05) is 19.6 Å². The summed E-state index contributed by atoms with van der Waals surface area (Å²) in [6.07, 6.45) is 1.76. The number of rotatable bonds is 5. The van der Waals surface area contributed by atoms with Crippen LogP contribution in [0, 0.1) is 0 Å². The van der Waals surface area contributed by atoms with Crippen molar-refractivity contribution in [1.82, 2.24) is 9.03 Å². The topological polar surface area (TPSA) is 66.5 Å². The van der Waals surface area contributed by atoms with Gasteiger partial charge in [-0.25, -0.2) is 0 Å². The minimum atomic E-state index is -3.50. The summed E-state index contributed by atoms with van der Waals surface area (Å²) >= 11 is 0. The first-order valence-electron chi connectivity index (χ1n) is 5.92. The summed E-state index contributed by atoms with van der Waals surface area (Å²) in [7, 11) is -3.50. The van der Waals surface area contributed by atoms with Gasteiger partial charge in [0, 0.05) is 18.7 Å². The van der Waals surface area contributed by atoms with Gasteiger partial charge < -0.3 is 0 Å². The Morgan fingerprint density at radius 2 is 1.78 bits per heavy atom. The van der Waals surface area contributed by atoms with E-state index in [2.05, 4.69) is 4.72 Å². The highest BCUT2D eigenvalue weighted by Crippen LogP contribution is 2.11. The molecular weight excluding hydrogens is 252 g/mol. The highest BCUT2D eigenvalue weighted by atomic mass is 32.2. The van der Waals surface area contributed by atoms with E-state index in [-0.39, 0.29) is 12.3 Å². The van der Waals surface area contributed by atoms with Crippen LogP contribution >= 0.6 is 0 Å². The molecule has 0 atom stereocenters. The first kappa shape index (κ1) is 13.2. The predicted molar refractivity (Wildman–Crippen MR) is 68.5 cm³/mol. The van der Waals surface area contributed by atoms with Gasteiger partial charge in [-0.1, -0.05) is 30.3 Å². The van der Waals surface area contributed by atoms with Crippen LogP contribution < -0.4 is 4.72 Å². The summed E-state index contributed by atoms with van der Waals surface area (Å²) < 4.78 is 27.4. The van der Waals surface area contributed by atoms with Gasteiger partial charge in [0.15, 0.2) is 5.78 Å². The third kappa shape index (κ3) is 3.16. The van der Waals surface area contributed by atoms with E-state index in [1.807, 2.05) is 6.07 Å². The zero-order valence-corrected chi connectivity index (χ0v) is 10.8. The normalized spacial score (nSPS) is 16.9. The number of carbonyl (C=O) groups is 1. The third-order valence-electron chi connectivity index (χ3n) is 2.92. The molecule has 0 amide bonds. The minimum Gasteiger partial charge on any atom is -0.293 e. The lowest BCUT2D eigenvalue weighted by atomic mass is 10.1. The minimum absolute atomic E-state index is 0.192. The lowest BCUT2D eigenvalue weighted by Crippen LogP contribution is -2.41. The Morgan fingerprint density at radius 3 is 2.39 bits per heavy atom. The molecule has 1 N–H and O–H groups in total. The first-order valence-corrected chi connectivity index (χ1v) is 7.36. The molecule has 0 unspecified atom stereocenters. The molecule has 0 saturated carbocycles. The van der Waals surface area contributed by atoms with Crippen LogP contribution in [0.15, 0.2) is 30.3 Å². The van der Waals surface area contributed by atoms with E-state index < -0.39 is 10.2 Å². The second-order valence-corrected chi connectivity index (χ2v) is 5.98. The van der Waals surface area contributed by atoms with Gasteiger partial charge in [-0.2, -0.15) is 17.4 Å². The van der Waals surface area contributed by atoms with Gasteiger partial charge in [-0.05, 0) is 12.8 Å². The van der Waals surface area contributed by atoms with Crippen molar-refractivity contribution in [3.05, 3.63) is 35.9 Å². The standard InChI is InChI=1S/C12H16N2O3S/c15-12(11-6-2-1-3-7-11)10-13-18(16,17)14-8-4-5-9-14/h1-3,6-7,13H,4-5,8-10H2. The van der Waals surface area contributed by atoms with Gasteiger partial charge in [-0.3, -0.25) is 4.79 Å².